The molecule has 0 aliphatic carbocycles. The summed E-state index contributed by atoms with van der Waals surface area (Å²) in [6.45, 7) is 0. The number of hydrogen-bond donors (Lipinski definition) is 0. The quantitative estimate of drug-likeness (QED) is 0.168. The lowest BCUT2D eigenvalue weighted by atomic mass is 9.88. The third kappa shape index (κ3) is 4.99. The second kappa shape index (κ2) is 12.9. The van der Waals surface area contributed by atoms with Gasteiger partial charge in [-0.1, -0.05) is 188 Å². The standard InChI is InChI=1S/C56H34N2/c1-2-14-35(15-3-1)38-16-4-5-17-39(38)46-30-31-47(42-20-8-6-18-40(42)46)52-32-28-36-26-27-37-29-33-53(58-56(37)55(36)57-52)50-34-51-44-22-9-7-19-41(44)43-21-10-12-24-48(43)54(51)49-25-13-11-23-45(49)50/h1-34H. The molecule has 268 valence electrons. The molecule has 0 unspecified atom stereocenters. The van der Waals surface area contributed by atoms with E-state index in [0.717, 1.165) is 44.3 Å². The first kappa shape index (κ1) is 32.6. The van der Waals surface area contributed by atoms with Gasteiger partial charge in [-0.2, -0.15) is 0 Å². The molecule has 0 atom stereocenters. The van der Waals surface area contributed by atoms with Crippen molar-refractivity contribution in [3.8, 4) is 44.8 Å². The van der Waals surface area contributed by atoms with Crippen LogP contribution in [-0.2, 0) is 0 Å². The second-order valence-electron chi connectivity index (χ2n) is 15.2. The van der Waals surface area contributed by atoms with Crippen LogP contribution in [0, 0.1) is 0 Å². The highest BCUT2D eigenvalue weighted by atomic mass is 14.8. The predicted octanol–water partition coefficient (Wildman–Crippen LogP) is 15.2. The van der Waals surface area contributed by atoms with E-state index in [4.69, 9.17) is 9.97 Å². The lowest BCUT2D eigenvalue weighted by molar-refractivity contribution is 1.37. The van der Waals surface area contributed by atoms with Gasteiger partial charge in [-0.15, -0.1) is 0 Å². The Morgan fingerprint density at radius 1 is 0.241 bits per heavy atom. The van der Waals surface area contributed by atoms with E-state index in [0.29, 0.717) is 0 Å². The fraction of sp³-hybridized carbons (Fsp3) is 0. The van der Waals surface area contributed by atoms with Crippen LogP contribution >= 0.6 is 0 Å². The number of pyridine rings is 2. The summed E-state index contributed by atoms with van der Waals surface area (Å²) in [5.41, 5.74) is 10.8. The Morgan fingerprint density at radius 3 is 1.29 bits per heavy atom. The minimum Gasteiger partial charge on any atom is -0.245 e. The molecule has 0 bridgehead atoms. The van der Waals surface area contributed by atoms with Crippen molar-refractivity contribution in [2.24, 2.45) is 0 Å². The number of nitrogens with zero attached hydrogens (tertiary/aromatic N) is 2. The Balaban J connectivity index is 1.06. The highest BCUT2D eigenvalue weighted by Gasteiger charge is 2.18. The summed E-state index contributed by atoms with van der Waals surface area (Å²) < 4.78 is 0. The molecule has 2 nitrogen and oxygen atoms in total. The molecule has 2 heterocycles. The fourth-order valence-electron chi connectivity index (χ4n) is 9.39. The van der Waals surface area contributed by atoms with E-state index in [2.05, 4.69) is 206 Å². The topological polar surface area (TPSA) is 25.8 Å². The Morgan fingerprint density at radius 2 is 0.655 bits per heavy atom. The zero-order valence-corrected chi connectivity index (χ0v) is 31.5. The van der Waals surface area contributed by atoms with E-state index >= 15 is 0 Å². The van der Waals surface area contributed by atoms with E-state index in [-0.39, 0.29) is 0 Å². The summed E-state index contributed by atoms with van der Waals surface area (Å²) in [5.74, 6) is 0. The number of benzene rings is 10. The highest BCUT2D eigenvalue weighted by Crippen LogP contribution is 2.44. The van der Waals surface area contributed by atoms with Gasteiger partial charge in [0.2, 0.25) is 0 Å². The zero-order valence-electron chi connectivity index (χ0n) is 31.5. The van der Waals surface area contributed by atoms with Crippen LogP contribution in [0.4, 0.5) is 0 Å². The molecular weight excluding hydrogens is 701 g/mol. The molecule has 0 fully saturated rings. The van der Waals surface area contributed by atoms with Crippen LogP contribution in [0.1, 0.15) is 0 Å². The maximum Gasteiger partial charge on any atom is 0.0972 e. The Hall–Kier alpha value is -7.68. The van der Waals surface area contributed by atoms with Crippen LogP contribution in [0.2, 0.25) is 0 Å². The maximum atomic E-state index is 5.50. The van der Waals surface area contributed by atoms with Crippen molar-refractivity contribution in [1.82, 2.24) is 9.97 Å². The Kier molecular flexibility index (Phi) is 7.26. The van der Waals surface area contributed by atoms with Gasteiger partial charge >= 0.3 is 0 Å². The van der Waals surface area contributed by atoms with Crippen molar-refractivity contribution in [3.63, 3.8) is 0 Å². The SMILES string of the molecule is c1ccc(-c2ccccc2-c2ccc(-c3ccc4ccc5ccc(-c6cc7c8ccccc8c8ccccc8c7c7ccccc67)nc5c4n3)c3ccccc23)cc1. The lowest BCUT2D eigenvalue weighted by Crippen LogP contribution is -1.93. The minimum atomic E-state index is 0.904. The fourth-order valence-corrected chi connectivity index (χ4v) is 9.39. The molecule has 0 aliphatic rings. The van der Waals surface area contributed by atoms with Crippen molar-refractivity contribution in [1.29, 1.82) is 0 Å². The van der Waals surface area contributed by atoms with Gasteiger partial charge in [0.25, 0.3) is 0 Å². The molecule has 0 saturated heterocycles. The molecule has 0 radical (unpaired) electrons. The summed E-state index contributed by atoms with van der Waals surface area (Å²) in [5, 5.41) is 14.5. The molecular formula is C56H34N2. The zero-order chi connectivity index (χ0) is 38.2. The van der Waals surface area contributed by atoms with Gasteiger partial charge in [0.05, 0.1) is 22.4 Å². The van der Waals surface area contributed by atoms with Gasteiger partial charge in [-0.3, -0.25) is 0 Å². The average molecular weight is 735 g/mol. The average Bonchev–Trinajstić information content (AvgIpc) is 3.31. The maximum absolute atomic E-state index is 5.50. The van der Waals surface area contributed by atoms with E-state index in [9.17, 15) is 0 Å². The summed E-state index contributed by atoms with van der Waals surface area (Å²) in [6.07, 6.45) is 0. The van der Waals surface area contributed by atoms with Crippen LogP contribution in [-0.4, -0.2) is 9.97 Å². The summed E-state index contributed by atoms with van der Waals surface area (Å²) in [4.78, 5) is 11.0. The monoisotopic (exact) mass is 734 g/mol. The normalized spacial score (nSPS) is 11.8. The summed E-state index contributed by atoms with van der Waals surface area (Å²) in [7, 11) is 0. The number of rotatable bonds is 4. The molecule has 58 heavy (non-hydrogen) atoms. The van der Waals surface area contributed by atoms with Crippen LogP contribution in [0.15, 0.2) is 206 Å². The van der Waals surface area contributed by atoms with Gasteiger partial charge < -0.3 is 0 Å². The van der Waals surface area contributed by atoms with Gasteiger partial charge in [-0.25, -0.2) is 9.97 Å². The third-order valence-corrected chi connectivity index (χ3v) is 12.0. The third-order valence-electron chi connectivity index (χ3n) is 12.0. The number of fused-ring (bicyclic) bond motifs is 12. The van der Waals surface area contributed by atoms with Gasteiger partial charge in [0.15, 0.2) is 0 Å². The second-order valence-corrected chi connectivity index (χ2v) is 15.2. The van der Waals surface area contributed by atoms with E-state index < -0.39 is 0 Å². The smallest absolute Gasteiger partial charge is 0.0972 e. The van der Waals surface area contributed by atoms with Gasteiger partial charge in [-0.05, 0) is 94.3 Å². The van der Waals surface area contributed by atoms with E-state index in [1.807, 2.05) is 0 Å². The first-order chi connectivity index (χ1) is 28.8. The molecule has 0 saturated carbocycles. The molecule has 12 rings (SSSR count). The van der Waals surface area contributed by atoms with E-state index in [1.165, 1.54) is 76.1 Å². The van der Waals surface area contributed by atoms with Crippen molar-refractivity contribution in [2.45, 2.75) is 0 Å². The first-order valence-corrected chi connectivity index (χ1v) is 19.9. The van der Waals surface area contributed by atoms with Crippen molar-refractivity contribution < 1.29 is 0 Å². The number of aromatic nitrogens is 2. The van der Waals surface area contributed by atoms with Crippen LogP contribution in [0.5, 0.6) is 0 Å². The molecule has 2 heteroatoms. The van der Waals surface area contributed by atoms with Crippen molar-refractivity contribution in [3.05, 3.63) is 206 Å². The van der Waals surface area contributed by atoms with Crippen LogP contribution < -0.4 is 0 Å². The highest BCUT2D eigenvalue weighted by molar-refractivity contribution is 6.33. The number of hydrogen-bond acceptors (Lipinski definition) is 2. The Labute approximate surface area is 335 Å². The molecule has 0 N–H and O–H groups in total. The molecule has 10 aromatic carbocycles. The van der Waals surface area contributed by atoms with Crippen molar-refractivity contribution >= 4 is 75.7 Å². The van der Waals surface area contributed by atoms with Gasteiger partial charge in [0.1, 0.15) is 0 Å². The molecule has 2 aromatic heterocycles. The van der Waals surface area contributed by atoms with E-state index in [1.54, 1.807) is 0 Å². The van der Waals surface area contributed by atoms with Crippen LogP contribution in [0.25, 0.3) is 120 Å². The molecule has 0 spiro atoms. The molecule has 0 aliphatic heterocycles. The minimum absolute atomic E-state index is 0.904. The summed E-state index contributed by atoms with van der Waals surface area (Å²) in [6, 6.07) is 74.4. The molecule has 12 aromatic rings. The predicted molar refractivity (Wildman–Crippen MR) is 246 cm³/mol. The van der Waals surface area contributed by atoms with Crippen molar-refractivity contribution in [2.75, 3.05) is 0 Å². The summed E-state index contributed by atoms with van der Waals surface area (Å²) >= 11 is 0. The van der Waals surface area contributed by atoms with Gasteiger partial charge in [0, 0.05) is 21.9 Å². The van der Waals surface area contributed by atoms with Crippen LogP contribution in [0.3, 0.4) is 0 Å². The lowest BCUT2D eigenvalue weighted by Gasteiger charge is -2.16. The Bertz CT molecular complexity index is 3620. The largest absolute Gasteiger partial charge is 0.245 e. The first-order valence-electron chi connectivity index (χ1n) is 19.9. The molecule has 0 amide bonds.